The number of ether oxygens (including phenoxy) is 1. The predicted octanol–water partition coefficient (Wildman–Crippen LogP) is 3.05. The van der Waals surface area contributed by atoms with Gasteiger partial charge in [-0.25, -0.2) is 9.97 Å². The molecular weight excluding hydrogens is 262 g/mol. The number of rotatable bonds is 4. The van der Waals surface area contributed by atoms with Crippen LogP contribution in [-0.2, 0) is 17.2 Å². The molecule has 1 aliphatic heterocycles. The van der Waals surface area contributed by atoms with Gasteiger partial charge in [0.05, 0.1) is 12.0 Å². The number of nitrogens with zero attached hydrogens (tertiary/aromatic N) is 3. The fraction of sp³-hybridized carbons (Fsp3) is 0.571. The quantitative estimate of drug-likeness (QED) is 0.808. The zero-order valence-electron chi connectivity index (χ0n) is 11.1. The maximum Gasteiger partial charge on any atom is 0.160 e. The van der Waals surface area contributed by atoms with Crippen molar-refractivity contribution in [2.45, 2.75) is 44.7 Å². The number of halogens is 1. The molecule has 1 atom stereocenters. The van der Waals surface area contributed by atoms with E-state index >= 15 is 0 Å². The van der Waals surface area contributed by atoms with Gasteiger partial charge in [0.25, 0.3) is 0 Å². The zero-order valence-corrected chi connectivity index (χ0v) is 11.9. The molecule has 2 aromatic heterocycles. The third-order valence-electron chi connectivity index (χ3n) is 3.62. The van der Waals surface area contributed by atoms with E-state index in [0.717, 1.165) is 48.5 Å². The molecule has 102 valence electrons. The lowest BCUT2D eigenvalue weighted by Gasteiger charge is -2.11. The number of aryl methyl sites for hydroxylation is 2. The minimum atomic E-state index is 0.381. The third kappa shape index (κ3) is 2.60. The summed E-state index contributed by atoms with van der Waals surface area (Å²) in [4.78, 5) is 9.06. The van der Waals surface area contributed by atoms with Crippen LogP contribution in [0.3, 0.4) is 0 Å². The maximum absolute atomic E-state index is 6.00. The fourth-order valence-corrected chi connectivity index (χ4v) is 2.84. The van der Waals surface area contributed by atoms with E-state index in [4.69, 9.17) is 16.3 Å². The van der Waals surface area contributed by atoms with Crippen molar-refractivity contribution in [3.63, 3.8) is 0 Å². The van der Waals surface area contributed by atoms with E-state index in [0.29, 0.717) is 12.0 Å². The minimum Gasteiger partial charge on any atom is -0.378 e. The average molecular weight is 280 g/mol. The van der Waals surface area contributed by atoms with Gasteiger partial charge in [0, 0.05) is 19.3 Å². The molecule has 1 unspecified atom stereocenters. The summed E-state index contributed by atoms with van der Waals surface area (Å²) < 4.78 is 7.80. The Balaban J connectivity index is 1.87. The first kappa shape index (κ1) is 12.9. The molecule has 0 bridgehead atoms. The van der Waals surface area contributed by atoms with Crippen LogP contribution < -0.4 is 0 Å². The van der Waals surface area contributed by atoms with Gasteiger partial charge in [-0.2, -0.15) is 0 Å². The molecule has 3 rings (SSSR count). The Morgan fingerprint density at radius 2 is 2.42 bits per heavy atom. The van der Waals surface area contributed by atoms with Crippen LogP contribution in [0, 0.1) is 6.92 Å². The van der Waals surface area contributed by atoms with E-state index < -0.39 is 0 Å². The standard InChI is InChI=1S/C14H18ClN3O/c1-10-7-12-14(16-9-10)18(13(8-15)17-12)5-4-11-3-2-6-19-11/h7,9,11H,2-6,8H2,1H3. The Kier molecular flexibility index (Phi) is 3.71. The highest BCUT2D eigenvalue weighted by Crippen LogP contribution is 2.20. The summed E-state index contributed by atoms with van der Waals surface area (Å²) in [6.07, 6.45) is 5.60. The Hall–Kier alpha value is -1.13. The van der Waals surface area contributed by atoms with E-state index in [1.54, 1.807) is 0 Å². The summed E-state index contributed by atoms with van der Waals surface area (Å²) in [6, 6.07) is 2.06. The molecule has 0 N–H and O–H groups in total. The van der Waals surface area contributed by atoms with Crippen LogP contribution >= 0.6 is 11.6 Å². The lowest BCUT2D eigenvalue weighted by Crippen LogP contribution is -2.12. The normalized spacial score (nSPS) is 19.4. The highest BCUT2D eigenvalue weighted by molar-refractivity contribution is 6.16. The molecule has 0 amide bonds. The van der Waals surface area contributed by atoms with Crippen molar-refractivity contribution in [1.29, 1.82) is 0 Å². The molecule has 2 aromatic rings. The molecule has 1 aliphatic rings. The maximum atomic E-state index is 6.00. The molecule has 0 spiro atoms. The second-order valence-electron chi connectivity index (χ2n) is 5.09. The number of hydrogen-bond donors (Lipinski definition) is 0. The zero-order chi connectivity index (χ0) is 13.2. The van der Waals surface area contributed by atoms with E-state index in [1.807, 2.05) is 13.1 Å². The second kappa shape index (κ2) is 5.47. The molecule has 19 heavy (non-hydrogen) atoms. The summed E-state index contributed by atoms with van der Waals surface area (Å²) >= 11 is 6.00. The number of imidazole rings is 1. The van der Waals surface area contributed by atoms with Crippen molar-refractivity contribution in [2.24, 2.45) is 0 Å². The van der Waals surface area contributed by atoms with Crippen molar-refractivity contribution >= 4 is 22.8 Å². The number of aromatic nitrogens is 3. The number of alkyl halides is 1. The van der Waals surface area contributed by atoms with E-state index in [2.05, 4.69) is 20.6 Å². The van der Waals surface area contributed by atoms with Crippen LogP contribution in [-0.4, -0.2) is 27.2 Å². The largest absolute Gasteiger partial charge is 0.378 e. The van der Waals surface area contributed by atoms with Gasteiger partial charge < -0.3 is 9.30 Å². The molecule has 0 radical (unpaired) electrons. The van der Waals surface area contributed by atoms with Gasteiger partial charge in [-0.3, -0.25) is 0 Å². The predicted molar refractivity (Wildman–Crippen MR) is 75.4 cm³/mol. The van der Waals surface area contributed by atoms with Crippen LogP contribution in [0.2, 0.25) is 0 Å². The van der Waals surface area contributed by atoms with Crippen LogP contribution in [0.1, 0.15) is 30.7 Å². The van der Waals surface area contributed by atoms with E-state index in [1.165, 1.54) is 6.42 Å². The molecule has 5 heteroatoms. The van der Waals surface area contributed by atoms with E-state index in [-0.39, 0.29) is 0 Å². The summed E-state index contributed by atoms with van der Waals surface area (Å²) in [7, 11) is 0. The first-order valence-corrected chi connectivity index (χ1v) is 7.30. The molecule has 0 saturated carbocycles. The van der Waals surface area contributed by atoms with Crippen molar-refractivity contribution in [2.75, 3.05) is 6.61 Å². The lowest BCUT2D eigenvalue weighted by molar-refractivity contribution is 0.100. The van der Waals surface area contributed by atoms with Gasteiger partial charge in [-0.15, -0.1) is 11.6 Å². The first-order valence-electron chi connectivity index (χ1n) is 6.77. The SMILES string of the molecule is Cc1cnc2c(c1)nc(CCl)n2CCC1CCCO1. The summed E-state index contributed by atoms with van der Waals surface area (Å²) in [5.74, 6) is 1.31. The van der Waals surface area contributed by atoms with Gasteiger partial charge in [-0.1, -0.05) is 0 Å². The summed E-state index contributed by atoms with van der Waals surface area (Å²) in [5, 5.41) is 0. The smallest absolute Gasteiger partial charge is 0.160 e. The average Bonchev–Trinajstić information content (AvgIpc) is 3.02. The lowest BCUT2D eigenvalue weighted by atomic mass is 10.2. The highest BCUT2D eigenvalue weighted by Gasteiger charge is 2.17. The summed E-state index contributed by atoms with van der Waals surface area (Å²) in [6.45, 7) is 3.80. The monoisotopic (exact) mass is 279 g/mol. The Morgan fingerprint density at radius 1 is 1.53 bits per heavy atom. The van der Waals surface area contributed by atoms with Crippen LogP contribution in [0.25, 0.3) is 11.2 Å². The highest BCUT2D eigenvalue weighted by atomic mass is 35.5. The molecular formula is C14H18ClN3O. The van der Waals surface area contributed by atoms with E-state index in [9.17, 15) is 0 Å². The van der Waals surface area contributed by atoms with Gasteiger partial charge in [-0.05, 0) is 37.8 Å². The number of pyridine rings is 1. The fourth-order valence-electron chi connectivity index (χ4n) is 2.64. The Bertz CT molecular complexity index is 575. The van der Waals surface area contributed by atoms with Crippen LogP contribution in [0.5, 0.6) is 0 Å². The van der Waals surface area contributed by atoms with Gasteiger partial charge >= 0.3 is 0 Å². The summed E-state index contributed by atoms with van der Waals surface area (Å²) in [5.41, 5.74) is 2.99. The Labute approximate surface area is 117 Å². The number of fused-ring (bicyclic) bond motifs is 1. The molecule has 0 aliphatic carbocycles. The third-order valence-corrected chi connectivity index (χ3v) is 3.86. The minimum absolute atomic E-state index is 0.381. The van der Waals surface area contributed by atoms with Crippen molar-refractivity contribution in [3.8, 4) is 0 Å². The van der Waals surface area contributed by atoms with Gasteiger partial charge in [0.15, 0.2) is 5.65 Å². The second-order valence-corrected chi connectivity index (χ2v) is 5.36. The topological polar surface area (TPSA) is 39.9 Å². The Morgan fingerprint density at radius 3 is 3.16 bits per heavy atom. The molecule has 3 heterocycles. The molecule has 0 aromatic carbocycles. The van der Waals surface area contributed by atoms with Gasteiger partial charge in [0.1, 0.15) is 11.3 Å². The van der Waals surface area contributed by atoms with Crippen molar-refractivity contribution < 1.29 is 4.74 Å². The van der Waals surface area contributed by atoms with Crippen molar-refractivity contribution in [3.05, 3.63) is 23.7 Å². The molecule has 1 fully saturated rings. The molecule has 4 nitrogen and oxygen atoms in total. The number of hydrogen-bond acceptors (Lipinski definition) is 3. The van der Waals surface area contributed by atoms with Crippen LogP contribution in [0.15, 0.2) is 12.3 Å². The van der Waals surface area contributed by atoms with Gasteiger partial charge in [0.2, 0.25) is 0 Å². The first-order chi connectivity index (χ1) is 9.28. The van der Waals surface area contributed by atoms with Crippen molar-refractivity contribution in [1.82, 2.24) is 14.5 Å². The van der Waals surface area contributed by atoms with Crippen LogP contribution in [0.4, 0.5) is 0 Å². The molecule has 1 saturated heterocycles.